The molecule has 0 aromatic heterocycles. The first-order chi connectivity index (χ1) is 6.97. The molecule has 3 amide bonds. The molecule has 15 heavy (non-hydrogen) atoms. The van der Waals surface area contributed by atoms with Crippen molar-refractivity contribution >= 4 is 29.9 Å². The molecule has 1 atom stereocenters. The van der Waals surface area contributed by atoms with Gasteiger partial charge in [0.2, 0.25) is 0 Å². The summed E-state index contributed by atoms with van der Waals surface area (Å²) in [6, 6.07) is -0.684. The second-order valence-corrected chi connectivity index (χ2v) is 3.56. The summed E-state index contributed by atoms with van der Waals surface area (Å²) in [6.45, 7) is 0. The Bertz CT molecular complexity index is 254. The lowest BCUT2D eigenvalue weighted by atomic mass is 10.2. The Morgan fingerprint density at radius 3 is 2.33 bits per heavy atom. The molecular formula is C7H12N2O5S. The van der Waals surface area contributed by atoms with Crippen LogP contribution in [0.5, 0.6) is 0 Å². The quantitative estimate of drug-likeness (QED) is 0.519. The van der Waals surface area contributed by atoms with E-state index in [1.165, 1.54) is 0 Å². The number of thioether (sulfide) groups is 1. The van der Waals surface area contributed by atoms with E-state index in [-0.39, 0.29) is 18.0 Å². The second-order valence-electron chi connectivity index (χ2n) is 2.58. The normalized spacial score (nSPS) is 18.6. The van der Waals surface area contributed by atoms with Crippen molar-refractivity contribution in [3.63, 3.8) is 0 Å². The van der Waals surface area contributed by atoms with E-state index < -0.39 is 6.16 Å². The predicted molar refractivity (Wildman–Crippen MR) is 54.1 cm³/mol. The van der Waals surface area contributed by atoms with Crippen LogP contribution in [0.25, 0.3) is 0 Å². The fraction of sp³-hybridized carbons (Fsp3) is 0.571. The Balaban J connectivity index is 0.000000423. The standard InChI is InChI=1S/C6H10N2O2S.CH2O3/c1-11-3-2-4-5(9)8-6(10)7-4;2-1(3)4/h4H,2-3H2,1H3,(H2,7,8,9,10);(H2,2,3,4). The van der Waals surface area contributed by atoms with Gasteiger partial charge in [-0.2, -0.15) is 11.8 Å². The molecule has 7 nitrogen and oxygen atoms in total. The Morgan fingerprint density at radius 1 is 1.47 bits per heavy atom. The molecule has 0 aromatic carbocycles. The van der Waals surface area contributed by atoms with Crippen LogP contribution in [0.1, 0.15) is 6.42 Å². The van der Waals surface area contributed by atoms with E-state index in [4.69, 9.17) is 15.0 Å². The highest BCUT2D eigenvalue weighted by molar-refractivity contribution is 7.98. The number of imide groups is 1. The van der Waals surface area contributed by atoms with Gasteiger partial charge < -0.3 is 15.5 Å². The van der Waals surface area contributed by atoms with Crippen molar-refractivity contribution in [2.75, 3.05) is 12.0 Å². The Hall–Kier alpha value is -1.44. The summed E-state index contributed by atoms with van der Waals surface area (Å²) in [5.74, 6) is 0.683. The van der Waals surface area contributed by atoms with Crippen LogP contribution >= 0.6 is 11.8 Å². The maximum Gasteiger partial charge on any atom is 0.503 e. The Labute approximate surface area is 90.2 Å². The van der Waals surface area contributed by atoms with Crippen molar-refractivity contribution < 1.29 is 24.6 Å². The number of carbonyl (C=O) groups is 3. The zero-order valence-corrected chi connectivity index (χ0v) is 8.84. The molecule has 1 fully saturated rings. The van der Waals surface area contributed by atoms with E-state index in [1.54, 1.807) is 11.8 Å². The SMILES string of the molecule is CSCCC1NC(=O)NC1=O.O=C(O)O. The van der Waals surface area contributed by atoms with Crippen LogP contribution in [0.15, 0.2) is 0 Å². The second kappa shape index (κ2) is 6.93. The third kappa shape index (κ3) is 6.61. The number of carbonyl (C=O) groups excluding carboxylic acids is 2. The number of carboxylic acid groups (broad SMARTS) is 2. The van der Waals surface area contributed by atoms with Gasteiger partial charge >= 0.3 is 12.2 Å². The van der Waals surface area contributed by atoms with Crippen LogP contribution < -0.4 is 10.6 Å². The van der Waals surface area contributed by atoms with E-state index in [2.05, 4.69) is 10.6 Å². The van der Waals surface area contributed by atoms with Crippen LogP contribution in [-0.4, -0.2) is 46.4 Å². The molecular weight excluding hydrogens is 224 g/mol. The van der Waals surface area contributed by atoms with Gasteiger partial charge in [-0.05, 0) is 18.4 Å². The number of rotatable bonds is 3. The highest BCUT2D eigenvalue weighted by Crippen LogP contribution is 2.03. The van der Waals surface area contributed by atoms with Crippen LogP contribution in [0, 0.1) is 0 Å². The first-order valence-corrected chi connectivity index (χ1v) is 5.39. The lowest BCUT2D eigenvalue weighted by Gasteiger charge is -2.03. The van der Waals surface area contributed by atoms with Crippen molar-refractivity contribution in [3.8, 4) is 0 Å². The van der Waals surface area contributed by atoms with Crippen molar-refractivity contribution in [1.29, 1.82) is 0 Å². The molecule has 0 aromatic rings. The number of nitrogens with one attached hydrogen (secondary N) is 2. The summed E-state index contributed by atoms with van der Waals surface area (Å²) >= 11 is 1.66. The van der Waals surface area contributed by atoms with Gasteiger partial charge in [0.25, 0.3) is 5.91 Å². The molecule has 0 bridgehead atoms. The number of amides is 3. The Kier molecular flexibility index (Phi) is 6.27. The van der Waals surface area contributed by atoms with E-state index in [9.17, 15) is 9.59 Å². The summed E-state index contributed by atoms with van der Waals surface area (Å²) in [5, 5.41) is 18.6. The topological polar surface area (TPSA) is 116 Å². The molecule has 1 unspecified atom stereocenters. The van der Waals surface area contributed by atoms with E-state index in [0.29, 0.717) is 6.42 Å². The largest absolute Gasteiger partial charge is 0.503 e. The predicted octanol–water partition coefficient (Wildman–Crippen LogP) is 0.170. The zero-order valence-electron chi connectivity index (χ0n) is 8.02. The molecule has 1 aliphatic rings. The zero-order chi connectivity index (χ0) is 11.8. The van der Waals surface area contributed by atoms with Gasteiger partial charge in [-0.25, -0.2) is 9.59 Å². The maximum atomic E-state index is 10.9. The highest BCUT2D eigenvalue weighted by atomic mass is 32.2. The number of hydrogen-bond acceptors (Lipinski definition) is 4. The third-order valence-electron chi connectivity index (χ3n) is 1.47. The average molecular weight is 236 g/mol. The van der Waals surface area contributed by atoms with E-state index in [0.717, 1.165) is 5.75 Å². The molecule has 1 heterocycles. The summed E-state index contributed by atoms with van der Waals surface area (Å²) < 4.78 is 0. The number of hydrogen-bond donors (Lipinski definition) is 4. The maximum absolute atomic E-state index is 10.9. The minimum Gasteiger partial charge on any atom is -0.450 e. The van der Waals surface area contributed by atoms with Crippen molar-refractivity contribution in [2.24, 2.45) is 0 Å². The van der Waals surface area contributed by atoms with Crippen LogP contribution in [0.4, 0.5) is 9.59 Å². The van der Waals surface area contributed by atoms with Crippen molar-refractivity contribution in [2.45, 2.75) is 12.5 Å². The fourth-order valence-electron chi connectivity index (χ4n) is 0.898. The minimum atomic E-state index is -1.83. The molecule has 0 aliphatic carbocycles. The van der Waals surface area contributed by atoms with Gasteiger partial charge in [-0.15, -0.1) is 0 Å². The number of urea groups is 1. The van der Waals surface area contributed by atoms with E-state index in [1.807, 2.05) is 6.26 Å². The summed E-state index contributed by atoms with van der Waals surface area (Å²) in [5.41, 5.74) is 0. The summed E-state index contributed by atoms with van der Waals surface area (Å²) in [4.78, 5) is 30.0. The van der Waals surface area contributed by atoms with Crippen LogP contribution in [0.2, 0.25) is 0 Å². The third-order valence-corrected chi connectivity index (χ3v) is 2.11. The fourth-order valence-corrected chi connectivity index (χ4v) is 1.37. The molecule has 0 spiro atoms. The molecule has 4 N–H and O–H groups in total. The smallest absolute Gasteiger partial charge is 0.450 e. The van der Waals surface area contributed by atoms with Crippen molar-refractivity contribution in [1.82, 2.24) is 10.6 Å². The minimum absolute atomic E-state index is 0.205. The van der Waals surface area contributed by atoms with E-state index >= 15 is 0 Å². The van der Waals surface area contributed by atoms with Crippen LogP contribution in [0.3, 0.4) is 0 Å². The van der Waals surface area contributed by atoms with Crippen molar-refractivity contribution in [3.05, 3.63) is 0 Å². The van der Waals surface area contributed by atoms with Gasteiger partial charge in [-0.1, -0.05) is 0 Å². The lowest BCUT2D eigenvalue weighted by molar-refractivity contribution is -0.120. The Morgan fingerprint density at radius 2 is 2.00 bits per heavy atom. The first kappa shape index (κ1) is 13.6. The molecule has 86 valence electrons. The van der Waals surface area contributed by atoms with Gasteiger partial charge in [0.15, 0.2) is 0 Å². The summed E-state index contributed by atoms with van der Waals surface area (Å²) in [7, 11) is 0. The van der Waals surface area contributed by atoms with Gasteiger partial charge in [-0.3, -0.25) is 10.1 Å². The lowest BCUT2D eigenvalue weighted by Crippen LogP contribution is -2.29. The van der Waals surface area contributed by atoms with Gasteiger partial charge in [0.1, 0.15) is 6.04 Å². The van der Waals surface area contributed by atoms with Crippen LogP contribution in [-0.2, 0) is 4.79 Å². The molecule has 1 rings (SSSR count). The molecule has 0 saturated carbocycles. The molecule has 0 radical (unpaired) electrons. The van der Waals surface area contributed by atoms with Gasteiger partial charge in [0, 0.05) is 0 Å². The monoisotopic (exact) mass is 236 g/mol. The molecule has 1 aliphatic heterocycles. The molecule has 1 saturated heterocycles. The molecule has 8 heteroatoms. The van der Waals surface area contributed by atoms with Gasteiger partial charge in [0.05, 0.1) is 0 Å². The highest BCUT2D eigenvalue weighted by Gasteiger charge is 2.28. The first-order valence-electron chi connectivity index (χ1n) is 3.99. The average Bonchev–Trinajstić information content (AvgIpc) is 2.40. The summed E-state index contributed by atoms with van der Waals surface area (Å²) in [6.07, 6.45) is 0.841.